The van der Waals surface area contributed by atoms with E-state index in [1.165, 1.54) is 4.31 Å². The molecule has 0 atom stereocenters. The van der Waals surface area contributed by atoms with Crippen LogP contribution in [0.1, 0.15) is 19.5 Å². The molecule has 6 heteroatoms. The van der Waals surface area contributed by atoms with E-state index in [0.29, 0.717) is 11.4 Å². The topological polar surface area (TPSA) is 59.5 Å². The molecule has 0 aliphatic heterocycles. The zero-order valence-electron chi connectivity index (χ0n) is 12.9. The Morgan fingerprint density at radius 3 is 2.36 bits per heavy atom. The first-order valence-corrected chi connectivity index (χ1v) is 8.46. The fraction of sp³-hybridized carbons (Fsp3) is 0.312. The molecule has 0 unspecified atom stereocenters. The number of benzene rings is 1. The van der Waals surface area contributed by atoms with Crippen LogP contribution < -0.4 is 4.74 Å². The van der Waals surface area contributed by atoms with Gasteiger partial charge in [0.1, 0.15) is 5.75 Å². The first-order chi connectivity index (χ1) is 10.4. The first-order valence-electron chi connectivity index (χ1n) is 7.02. The van der Waals surface area contributed by atoms with E-state index in [0.717, 1.165) is 0 Å². The highest BCUT2D eigenvalue weighted by molar-refractivity contribution is 7.89. The Hall–Kier alpha value is -1.92. The average molecular weight is 320 g/mol. The maximum absolute atomic E-state index is 12.5. The van der Waals surface area contributed by atoms with Crippen molar-refractivity contribution in [3.05, 3.63) is 54.4 Å². The molecule has 0 saturated heterocycles. The Labute approximate surface area is 131 Å². The minimum Gasteiger partial charge on any atom is -0.491 e. The van der Waals surface area contributed by atoms with Crippen molar-refractivity contribution in [1.82, 2.24) is 9.29 Å². The van der Waals surface area contributed by atoms with Crippen LogP contribution in [0.25, 0.3) is 0 Å². The quantitative estimate of drug-likeness (QED) is 0.821. The van der Waals surface area contributed by atoms with Gasteiger partial charge in [-0.1, -0.05) is 6.07 Å². The number of ether oxygens (including phenoxy) is 1. The fourth-order valence-electron chi connectivity index (χ4n) is 1.95. The van der Waals surface area contributed by atoms with Crippen LogP contribution >= 0.6 is 0 Å². The van der Waals surface area contributed by atoms with E-state index in [9.17, 15) is 8.42 Å². The monoisotopic (exact) mass is 320 g/mol. The SMILES string of the molecule is CC(C)Oc1ccc(S(=O)(=O)N(C)Cc2ccccn2)cc1. The Bertz CT molecular complexity index is 698. The molecular formula is C16H20N2O3S. The van der Waals surface area contributed by atoms with Crippen LogP contribution in [0, 0.1) is 0 Å². The number of hydrogen-bond donors (Lipinski definition) is 0. The molecule has 0 bridgehead atoms. The minimum absolute atomic E-state index is 0.0503. The second kappa shape index (κ2) is 6.89. The summed E-state index contributed by atoms with van der Waals surface area (Å²) in [6.07, 6.45) is 1.70. The van der Waals surface area contributed by atoms with Crippen LogP contribution in [0.3, 0.4) is 0 Å². The predicted octanol–water partition coefficient (Wildman–Crippen LogP) is 2.69. The molecule has 22 heavy (non-hydrogen) atoms. The number of rotatable bonds is 6. The average Bonchev–Trinajstić information content (AvgIpc) is 2.48. The van der Waals surface area contributed by atoms with Crippen molar-refractivity contribution in [3.63, 3.8) is 0 Å². The molecule has 0 aliphatic carbocycles. The summed E-state index contributed by atoms with van der Waals surface area (Å²) >= 11 is 0. The van der Waals surface area contributed by atoms with Gasteiger partial charge in [-0.3, -0.25) is 4.98 Å². The maximum Gasteiger partial charge on any atom is 0.243 e. The van der Waals surface area contributed by atoms with Gasteiger partial charge >= 0.3 is 0 Å². The minimum atomic E-state index is -3.54. The lowest BCUT2D eigenvalue weighted by Crippen LogP contribution is -2.26. The molecule has 2 rings (SSSR count). The van der Waals surface area contributed by atoms with Gasteiger partial charge in [0.15, 0.2) is 0 Å². The normalized spacial score (nSPS) is 11.9. The molecule has 1 aromatic carbocycles. The van der Waals surface area contributed by atoms with E-state index in [1.54, 1.807) is 49.6 Å². The Morgan fingerprint density at radius 1 is 1.14 bits per heavy atom. The largest absolute Gasteiger partial charge is 0.491 e. The Morgan fingerprint density at radius 2 is 1.82 bits per heavy atom. The summed E-state index contributed by atoms with van der Waals surface area (Å²) in [5, 5.41) is 0. The summed E-state index contributed by atoms with van der Waals surface area (Å²) in [5.41, 5.74) is 0.702. The van der Waals surface area contributed by atoms with Gasteiger partial charge in [0.05, 0.1) is 23.2 Å². The predicted molar refractivity (Wildman–Crippen MR) is 85.1 cm³/mol. The molecule has 5 nitrogen and oxygen atoms in total. The smallest absolute Gasteiger partial charge is 0.243 e. The molecule has 1 aromatic heterocycles. The van der Waals surface area contributed by atoms with Gasteiger partial charge in [-0.2, -0.15) is 4.31 Å². The maximum atomic E-state index is 12.5. The van der Waals surface area contributed by atoms with E-state index in [2.05, 4.69) is 4.98 Å². The van der Waals surface area contributed by atoms with Crippen molar-refractivity contribution in [2.45, 2.75) is 31.4 Å². The zero-order chi connectivity index (χ0) is 16.2. The van der Waals surface area contributed by atoms with E-state index in [1.807, 2.05) is 19.9 Å². The molecule has 0 aliphatic rings. The second-order valence-electron chi connectivity index (χ2n) is 5.22. The zero-order valence-corrected chi connectivity index (χ0v) is 13.7. The molecule has 118 valence electrons. The highest BCUT2D eigenvalue weighted by atomic mass is 32.2. The molecule has 0 saturated carbocycles. The van der Waals surface area contributed by atoms with E-state index >= 15 is 0 Å². The van der Waals surface area contributed by atoms with Gasteiger partial charge in [0, 0.05) is 13.2 Å². The molecule has 0 N–H and O–H groups in total. The van der Waals surface area contributed by atoms with Gasteiger partial charge in [0.2, 0.25) is 10.0 Å². The molecule has 0 spiro atoms. The molecule has 0 amide bonds. The Balaban J connectivity index is 2.15. The van der Waals surface area contributed by atoms with Crippen LogP contribution in [0.15, 0.2) is 53.6 Å². The third kappa shape index (κ3) is 4.05. The van der Waals surface area contributed by atoms with Crippen molar-refractivity contribution in [2.75, 3.05) is 7.05 Å². The summed E-state index contributed by atoms with van der Waals surface area (Å²) < 4.78 is 31.9. The van der Waals surface area contributed by atoms with Gasteiger partial charge in [-0.25, -0.2) is 8.42 Å². The summed E-state index contributed by atoms with van der Waals surface area (Å²) in [7, 11) is -2.00. The van der Waals surface area contributed by atoms with Gasteiger partial charge in [-0.05, 0) is 50.2 Å². The van der Waals surface area contributed by atoms with Crippen molar-refractivity contribution >= 4 is 10.0 Å². The van der Waals surface area contributed by atoms with Crippen LogP contribution in [0.5, 0.6) is 5.75 Å². The number of aromatic nitrogens is 1. The lowest BCUT2D eigenvalue weighted by molar-refractivity contribution is 0.242. The van der Waals surface area contributed by atoms with Crippen molar-refractivity contribution < 1.29 is 13.2 Å². The van der Waals surface area contributed by atoms with Crippen molar-refractivity contribution in [1.29, 1.82) is 0 Å². The lowest BCUT2D eigenvalue weighted by atomic mass is 10.3. The van der Waals surface area contributed by atoms with E-state index < -0.39 is 10.0 Å². The summed E-state index contributed by atoms with van der Waals surface area (Å²) in [6, 6.07) is 11.9. The molecule has 1 heterocycles. The van der Waals surface area contributed by atoms with Gasteiger partial charge in [-0.15, -0.1) is 0 Å². The standard InChI is InChI=1S/C16H20N2O3S/c1-13(2)21-15-7-9-16(10-8-15)22(19,20)18(3)12-14-6-4-5-11-17-14/h4-11,13H,12H2,1-3H3. The lowest BCUT2D eigenvalue weighted by Gasteiger charge is -2.17. The summed E-state index contributed by atoms with van der Waals surface area (Å²) in [6.45, 7) is 4.07. The second-order valence-corrected chi connectivity index (χ2v) is 7.27. The molecular weight excluding hydrogens is 300 g/mol. The third-order valence-corrected chi connectivity index (χ3v) is 4.83. The van der Waals surface area contributed by atoms with Crippen LogP contribution in [-0.2, 0) is 16.6 Å². The van der Waals surface area contributed by atoms with Crippen LogP contribution in [0.2, 0.25) is 0 Å². The highest BCUT2D eigenvalue weighted by Crippen LogP contribution is 2.20. The van der Waals surface area contributed by atoms with Crippen molar-refractivity contribution in [3.8, 4) is 5.75 Å². The summed E-state index contributed by atoms with van der Waals surface area (Å²) in [5.74, 6) is 0.654. The van der Waals surface area contributed by atoms with Gasteiger partial charge in [0.25, 0.3) is 0 Å². The number of pyridine rings is 1. The fourth-order valence-corrected chi connectivity index (χ4v) is 3.09. The van der Waals surface area contributed by atoms with E-state index in [4.69, 9.17) is 4.74 Å². The molecule has 2 aromatic rings. The molecule has 0 fully saturated rings. The third-order valence-electron chi connectivity index (χ3n) is 3.01. The number of sulfonamides is 1. The molecule has 0 radical (unpaired) electrons. The highest BCUT2D eigenvalue weighted by Gasteiger charge is 2.21. The van der Waals surface area contributed by atoms with Crippen molar-refractivity contribution in [2.24, 2.45) is 0 Å². The Kier molecular flexibility index (Phi) is 5.15. The number of hydrogen-bond acceptors (Lipinski definition) is 4. The number of nitrogens with zero attached hydrogens (tertiary/aromatic N) is 2. The van der Waals surface area contributed by atoms with Crippen LogP contribution in [0.4, 0.5) is 0 Å². The summed E-state index contributed by atoms with van der Waals surface area (Å²) in [4.78, 5) is 4.38. The van der Waals surface area contributed by atoms with Gasteiger partial charge < -0.3 is 4.74 Å². The first kappa shape index (κ1) is 16.5. The van der Waals surface area contributed by atoms with Crippen LogP contribution in [-0.4, -0.2) is 30.9 Å². The van der Waals surface area contributed by atoms with E-state index in [-0.39, 0.29) is 17.5 Å².